The number of rotatable bonds is 1. The van der Waals surface area contributed by atoms with Crippen molar-refractivity contribution in [1.29, 1.82) is 0 Å². The van der Waals surface area contributed by atoms with Gasteiger partial charge in [-0.15, -0.1) is 13.2 Å². The SMILES string of the molecule is O=C(OC(F)(F)F)C1=CNCNC1. The van der Waals surface area contributed by atoms with E-state index in [9.17, 15) is 18.0 Å². The average Bonchev–Trinajstić information content (AvgIpc) is 2.03. The molecule has 1 heterocycles. The largest absolute Gasteiger partial charge is 0.575 e. The van der Waals surface area contributed by atoms with Crippen LogP contribution in [0.5, 0.6) is 0 Å². The fraction of sp³-hybridized carbons (Fsp3) is 0.500. The average molecular weight is 196 g/mol. The zero-order valence-corrected chi connectivity index (χ0v) is 6.44. The molecule has 0 radical (unpaired) electrons. The third kappa shape index (κ3) is 3.32. The second-order valence-electron chi connectivity index (χ2n) is 2.31. The maximum absolute atomic E-state index is 11.5. The van der Waals surface area contributed by atoms with E-state index < -0.39 is 12.3 Å². The molecule has 13 heavy (non-hydrogen) atoms. The van der Waals surface area contributed by atoms with Gasteiger partial charge in [-0.2, -0.15) is 0 Å². The Hall–Kier alpha value is -1.24. The van der Waals surface area contributed by atoms with Gasteiger partial charge in [0, 0.05) is 12.7 Å². The molecule has 7 heteroatoms. The number of esters is 1. The molecule has 0 atom stereocenters. The van der Waals surface area contributed by atoms with E-state index >= 15 is 0 Å². The van der Waals surface area contributed by atoms with Crippen molar-refractivity contribution in [2.45, 2.75) is 6.36 Å². The summed E-state index contributed by atoms with van der Waals surface area (Å²) in [5.41, 5.74) is -0.0800. The van der Waals surface area contributed by atoms with E-state index in [0.717, 1.165) is 0 Å². The van der Waals surface area contributed by atoms with Crippen LogP contribution in [-0.2, 0) is 9.53 Å². The highest BCUT2D eigenvalue weighted by molar-refractivity contribution is 5.89. The van der Waals surface area contributed by atoms with Crippen LogP contribution in [0.2, 0.25) is 0 Å². The molecule has 4 nitrogen and oxygen atoms in total. The van der Waals surface area contributed by atoms with Crippen molar-refractivity contribution in [3.05, 3.63) is 11.8 Å². The Morgan fingerprint density at radius 2 is 2.23 bits per heavy atom. The number of nitrogens with one attached hydrogen (secondary N) is 2. The smallest absolute Gasteiger partial charge is 0.378 e. The Morgan fingerprint density at radius 1 is 1.54 bits per heavy atom. The minimum Gasteiger partial charge on any atom is -0.378 e. The highest BCUT2D eigenvalue weighted by Crippen LogP contribution is 2.18. The maximum Gasteiger partial charge on any atom is 0.575 e. The lowest BCUT2D eigenvalue weighted by atomic mass is 10.3. The molecule has 1 aliphatic heterocycles. The van der Waals surface area contributed by atoms with Gasteiger partial charge in [-0.1, -0.05) is 0 Å². The predicted molar refractivity (Wildman–Crippen MR) is 36.2 cm³/mol. The molecule has 1 aliphatic rings. The summed E-state index contributed by atoms with van der Waals surface area (Å²) in [6.07, 6.45) is -3.72. The lowest BCUT2D eigenvalue weighted by Gasteiger charge is -2.15. The molecule has 0 aromatic rings. The minimum atomic E-state index is -4.92. The van der Waals surface area contributed by atoms with Gasteiger partial charge in [0.15, 0.2) is 0 Å². The molecular weight excluding hydrogens is 189 g/mol. The third-order valence-corrected chi connectivity index (χ3v) is 1.29. The molecule has 0 aromatic heterocycles. The summed E-state index contributed by atoms with van der Waals surface area (Å²) in [6.45, 7) is 0.491. The van der Waals surface area contributed by atoms with Gasteiger partial charge in [0.25, 0.3) is 0 Å². The fourth-order valence-electron chi connectivity index (χ4n) is 0.796. The molecule has 0 saturated heterocycles. The Labute approximate surface area is 71.7 Å². The van der Waals surface area contributed by atoms with Crippen LogP contribution < -0.4 is 10.6 Å². The number of halogens is 3. The number of hydrogen-bond acceptors (Lipinski definition) is 4. The first-order valence-corrected chi connectivity index (χ1v) is 3.42. The van der Waals surface area contributed by atoms with E-state index in [4.69, 9.17) is 0 Å². The van der Waals surface area contributed by atoms with Gasteiger partial charge in [0.1, 0.15) is 0 Å². The van der Waals surface area contributed by atoms with Crippen molar-refractivity contribution < 1.29 is 22.7 Å². The maximum atomic E-state index is 11.5. The van der Waals surface area contributed by atoms with Crippen LogP contribution in [0.15, 0.2) is 11.8 Å². The summed E-state index contributed by atoms with van der Waals surface area (Å²) in [7, 11) is 0. The summed E-state index contributed by atoms with van der Waals surface area (Å²) >= 11 is 0. The van der Waals surface area contributed by atoms with Gasteiger partial charge in [-0.25, -0.2) is 4.79 Å². The van der Waals surface area contributed by atoms with E-state index in [1.807, 2.05) is 0 Å². The standard InChI is InChI=1S/C6H7F3N2O2/c7-6(8,9)13-5(12)4-1-10-3-11-2-4/h1,10-11H,2-3H2. The molecule has 0 aliphatic carbocycles. The first-order chi connectivity index (χ1) is 5.99. The van der Waals surface area contributed by atoms with Gasteiger partial charge in [0.2, 0.25) is 0 Å². The Kier molecular flexibility index (Phi) is 2.76. The van der Waals surface area contributed by atoms with Crippen LogP contribution >= 0.6 is 0 Å². The zero-order chi connectivity index (χ0) is 9.90. The lowest BCUT2D eigenvalue weighted by Crippen LogP contribution is -2.36. The molecule has 0 fully saturated rings. The van der Waals surface area contributed by atoms with E-state index in [1.165, 1.54) is 6.20 Å². The van der Waals surface area contributed by atoms with Crippen molar-refractivity contribution in [1.82, 2.24) is 10.6 Å². The van der Waals surface area contributed by atoms with Crippen molar-refractivity contribution in [2.75, 3.05) is 13.2 Å². The van der Waals surface area contributed by atoms with E-state index in [2.05, 4.69) is 15.4 Å². The summed E-state index contributed by atoms with van der Waals surface area (Å²) in [6, 6.07) is 0. The van der Waals surface area contributed by atoms with Crippen molar-refractivity contribution in [3.8, 4) is 0 Å². The van der Waals surface area contributed by atoms with Crippen LogP contribution in [0.4, 0.5) is 13.2 Å². The van der Waals surface area contributed by atoms with Gasteiger partial charge in [0.05, 0.1) is 12.2 Å². The van der Waals surface area contributed by atoms with Gasteiger partial charge >= 0.3 is 12.3 Å². The first kappa shape index (κ1) is 9.85. The molecule has 1 rings (SSSR count). The summed E-state index contributed by atoms with van der Waals surface area (Å²) in [5.74, 6) is -1.38. The summed E-state index contributed by atoms with van der Waals surface area (Å²) in [5, 5.41) is 5.21. The predicted octanol–water partition coefficient (Wildman–Crippen LogP) is 0.0836. The van der Waals surface area contributed by atoms with Crippen molar-refractivity contribution >= 4 is 5.97 Å². The molecule has 0 spiro atoms. The summed E-state index contributed by atoms with van der Waals surface area (Å²) in [4.78, 5) is 10.7. The quantitative estimate of drug-likeness (QED) is 0.583. The monoisotopic (exact) mass is 196 g/mol. The third-order valence-electron chi connectivity index (χ3n) is 1.29. The Balaban J connectivity index is 2.52. The van der Waals surface area contributed by atoms with E-state index in [-0.39, 0.29) is 12.1 Å². The van der Waals surface area contributed by atoms with Gasteiger partial charge in [-0.3, -0.25) is 5.32 Å². The van der Waals surface area contributed by atoms with Crippen LogP contribution in [0.25, 0.3) is 0 Å². The topological polar surface area (TPSA) is 50.4 Å². The number of alkyl halides is 3. The van der Waals surface area contributed by atoms with Crippen LogP contribution in [0.1, 0.15) is 0 Å². The van der Waals surface area contributed by atoms with Crippen molar-refractivity contribution in [3.63, 3.8) is 0 Å². The minimum absolute atomic E-state index is 0.0713. The van der Waals surface area contributed by atoms with E-state index in [0.29, 0.717) is 6.67 Å². The molecule has 0 aromatic carbocycles. The summed E-state index contributed by atoms with van der Waals surface area (Å²) < 4.78 is 37.8. The van der Waals surface area contributed by atoms with Crippen LogP contribution in [-0.4, -0.2) is 25.5 Å². The second kappa shape index (κ2) is 3.65. The number of carbonyl (C=O) groups is 1. The number of ether oxygens (including phenoxy) is 1. The highest BCUT2D eigenvalue weighted by Gasteiger charge is 2.35. The molecule has 0 amide bonds. The number of hydrogen-bond donors (Lipinski definition) is 2. The molecule has 0 bridgehead atoms. The number of carbonyl (C=O) groups excluding carboxylic acids is 1. The van der Waals surface area contributed by atoms with E-state index in [1.54, 1.807) is 0 Å². The lowest BCUT2D eigenvalue weighted by molar-refractivity contribution is -0.303. The van der Waals surface area contributed by atoms with Crippen LogP contribution in [0, 0.1) is 0 Å². The molecule has 2 N–H and O–H groups in total. The Morgan fingerprint density at radius 3 is 2.69 bits per heavy atom. The zero-order valence-electron chi connectivity index (χ0n) is 6.44. The highest BCUT2D eigenvalue weighted by atomic mass is 19.4. The Bertz CT molecular complexity index is 237. The second-order valence-corrected chi connectivity index (χ2v) is 2.31. The first-order valence-electron chi connectivity index (χ1n) is 3.42. The van der Waals surface area contributed by atoms with Crippen LogP contribution in [0.3, 0.4) is 0 Å². The molecular formula is C6H7F3N2O2. The molecule has 0 unspecified atom stereocenters. The molecule has 74 valence electrons. The van der Waals surface area contributed by atoms with Gasteiger partial charge in [-0.05, 0) is 0 Å². The fourth-order valence-corrected chi connectivity index (χ4v) is 0.796. The van der Waals surface area contributed by atoms with Gasteiger partial charge < -0.3 is 10.1 Å². The van der Waals surface area contributed by atoms with Crippen molar-refractivity contribution in [2.24, 2.45) is 0 Å². The normalized spacial score (nSPS) is 17.3. The molecule has 0 saturated carbocycles.